The van der Waals surface area contributed by atoms with Gasteiger partial charge in [0, 0.05) is 16.0 Å². The summed E-state index contributed by atoms with van der Waals surface area (Å²) < 4.78 is 0. The van der Waals surface area contributed by atoms with Crippen LogP contribution in [0.25, 0.3) is 10.9 Å². The van der Waals surface area contributed by atoms with Crippen LogP contribution in [-0.4, -0.2) is 11.2 Å². The normalized spacial score (nSPS) is 11.1. The first-order valence-corrected chi connectivity index (χ1v) is 7.02. The molecule has 3 rings (SSSR count). The number of para-hydroxylation sites is 1. The number of hydrogen-bond donors (Lipinski definition) is 1. The van der Waals surface area contributed by atoms with Gasteiger partial charge in [0.2, 0.25) is 0 Å². The van der Waals surface area contributed by atoms with Gasteiger partial charge < -0.3 is 0 Å². The maximum absolute atomic E-state index is 6.07. The van der Waals surface area contributed by atoms with E-state index < -0.39 is 0 Å². The number of hydrogen-bond acceptors (Lipinski definition) is 3. The zero-order chi connectivity index (χ0) is 14.7. The van der Waals surface area contributed by atoms with Crippen LogP contribution in [0.1, 0.15) is 11.1 Å². The van der Waals surface area contributed by atoms with Crippen molar-refractivity contribution < 1.29 is 0 Å². The van der Waals surface area contributed by atoms with E-state index in [4.69, 9.17) is 11.6 Å². The molecule has 0 fully saturated rings. The van der Waals surface area contributed by atoms with Crippen LogP contribution in [0.2, 0.25) is 5.02 Å². The molecule has 0 bridgehead atoms. The Morgan fingerprint density at radius 2 is 1.86 bits per heavy atom. The van der Waals surface area contributed by atoms with Gasteiger partial charge >= 0.3 is 0 Å². The van der Waals surface area contributed by atoms with E-state index in [2.05, 4.69) is 28.5 Å². The smallest absolute Gasteiger partial charge is 0.147 e. The highest BCUT2D eigenvalue weighted by Gasteiger charge is 2.01. The zero-order valence-corrected chi connectivity index (χ0v) is 12.3. The Morgan fingerprint density at radius 3 is 2.71 bits per heavy atom. The van der Waals surface area contributed by atoms with Crippen molar-refractivity contribution in [2.75, 3.05) is 5.43 Å². The van der Waals surface area contributed by atoms with Crippen LogP contribution >= 0.6 is 11.6 Å². The standard InChI is InChI=1S/C17H14ClN3/c1-12-10-17(20-16-9-5-3-7-14(12)16)21-19-11-13-6-2-4-8-15(13)18/h2-11H,1H3,(H,20,21)/b19-11+. The lowest BCUT2D eigenvalue weighted by Gasteiger charge is -2.05. The molecule has 0 aliphatic carbocycles. The van der Waals surface area contributed by atoms with Crippen LogP contribution in [0.4, 0.5) is 5.82 Å². The monoisotopic (exact) mass is 295 g/mol. The van der Waals surface area contributed by atoms with Crippen LogP contribution in [0.15, 0.2) is 59.7 Å². The Labute approximate surface area is 128 Å². The van der Waals surface area contributed by atoms with Crippen LogP contribution in [0, 0.1) is 6.92 Å². The predicted molar refractivity (Wildman–Crippen MR) is 89.1 cm³/mol. The Morgan fingerprint density at radius 1 is 1.10 bits per heavy atom. The number of aromatic nitrogens is 1. The van der Waals surface area contributed by atoms with E-state index >= 15 is 0 Å². The number of rotatable bonds is 3. The topological polar surface area (TPSA) is 37.3 Å². The van der Waals surface area contributed by atoms with Gasteiger partial charge in [-0.2, -0.15) is 5.10 Å². The van der Waals surface area contributed by atoms with Gasteiger partial charge in [-0.3, -0.25) is 5.43 Å². The predicted octanol–water partition coefficient (Wildman–Crippen LogP) is 4.64. The lowest BCUT2D eigenvalue weighted by molar-refractivity contribution is 1.25. The first kappa shape index (κ1) is 13.6. The third-order valence-corrected chi connectivity index (χ3v) is 3.56. The van der Waals surface area contributed by atoms with Gasteiger partial charge in [-0.15, -0.1) is 0 Å². The average Bonchev–Trinajstić information content (AvgIpc) is 2.49. The number of benzene rings is 2. The average molecular weight is 296 g/mol. The summed E-state index contributed by atoms with van der Waals surface area (Å²) in [5, 5.41) is 6.02. The van der Waals surface area contributed by atoms with Crippen LogP contribution in [-0.2, 0) is 0 Å². The summed E-state index contributed by atoms with van der Waals surface area (Å²) in [6, 6.07) is 17.6. The molecule has 0 aliphatic heterocycles. The molecule has 21 heavy (non-hydrogen) atoms. The summed E-state index contributed by atoms with van der Waals surface area (Å²) in [5.41, 5.74) is 5.93. The maximum atomic E-state index is 6.07. The molecular weight excluding hydrogens is 282 g/mol. The molecule has 0 amide bonds. The van der Waals surface area contributed by atoms with Crippen molar-refractivity contribution in [3.63, 3.8) is 0 Å². The van der Waals surface area contributed by atoms with E-state index in [-0.39, 0.29) is 0 Å². The summed E-state index contributed by atoms with van der Waals surface area (Å²) in [7, 11) is 0. The van der Waals surface area contributed by atoms with E-state index in [1.807, 2.05) is 48.5 Å². The van der Waals surface area contributed by atoms with Crippen molar-refractivity contribution in [3.8, 4) is 0 Å². The third kappa shape index (κ3) is 3.03. The molecule has 3 nitrogen and oxygen atoms in total. The molecule has 0 atom stereocenters. The fourth-order valence-corrected chi connectivity index (χ4v) is 2.34. The largest absolute Gasteiger partial charge is 0.261 e. The van der Waals surface area contributed by atoms with Gasteiger partial charge in [-0.25, -0.2) is 4.98 Å². The van der Waals surface area contributed by atoms with E-state index in [9.17, 15) is 0 Å². The summed E-state index contributed by atoms with van der Waals surface area (Å²) in [6.45, 7) is 2.06. The van der Waals surface area contributed by atoms with Crippen LogP contribution in [0.5, 0.6) is 0 Å². The molecule has 0 aliphatic rings. The summed E-state index contributed by atoms with van der Waals surface area (Å²) in [5.74, 6) is 0.717. The summed E-state index contributed by atoms with van der Waals surface area (Å²) in [4.78, 5) is 4.53. The van der Waals surface area contributed by atoms with Crippen LogP contribution < -0.4 is 5.43 Å². The van der Waals surface area contributed by atoms with Gasteiger partial charge in [0.1, 0.15) is 5.82 Å². The fraction of sp³-hybridized carbons (Fsp3) is 0.0588. The Balaban J connectivity index is 1.84. The van der Waals surface area contributed by atoms with Crippen LogP contribution in [0.3, 0.4) is 0 Å². The quantitative estimate of drug-likeness (QED) is 0.564. The number of anilines is 1. The van der Waals surface area contributed by atoms with E-state index in [0.717, 1.165) is 27.8 Å². The molecule has 0 spiro atoms. The fourth-order valence-electron chi connectivity index (χ4n) is 2.15. The Bertz CT molecular complexity index is 812. The summed E-state index contributed by atoms with van der Waals surface area (Å²) >= 11 is 6.07. The molecule has 0 saturated heterocycles. The lowest BCUT2D eigenvalue weighted by Crippen LogP contribution is -1.95. The molecule has 1 heterocycles. The SMILES string of the molecule is Cc1cc(N/N=C/c2ccccc2Cl)nc2ccccc12. The highest BCUT2D eigenvalue weighted by atomic mass is 35.5. The number of nitrogens with zero attached hydrogens (tertiary/aromatic N) is 2. The number of halogens is 1. The second kappa shape index (κ2) is 5.94. The number of aryl methyl sites for hydroxylation is 1. The van der Waals surface area contributed by atoms with Crippen molar-refractivity contribution >= 4 is 34.5 Å². The number of fused-ring (bicyclic) bond motifs is 1. The van der Waals surface area contributed by atoms with E-state index in [1.54, 1.807) is 6.21 Å². The second-order valence-electron chi connectivity index (χ2n) is 4.73. The molecule has 1 N–H and O–H groups in total. The van der Waals surface area contributed by atoms with Crippen molar-refractivity contribution in [2.24, 2.45) is 5.10 Å². The van der Waals surface area contributed by atoms with Gasteiger partial charge in [0.25, 0.3) is 0 Å². The van der Waals surface area contributed by atoms with Crippen molar-refractivity contribution in [2.45, 2.75) is 6.92 Å². The molecule has 1 aromatic heterocycles. The highest BCUT2D eigenvalue weighted by molar-refractivity contribution is 6.33. The zero-order valence-electron chi connectivity index (χ0n) is 11.5. The second-order valence-corrected chi connectivity index (χ2v) is 5.14. The third-order valence-electron chi connectivity index (χ3n) is 3.21. The first-order chi connectivity index (χ1) is 10.2. The molecule has 3 aromatic rings. The van der Waals surface area contributed by atoms with Gasteiger partial charge in [0.05, 0.1) is 11.7 Å². The Hall–Kier alpha value is -2.39. The van der Waals surface area contributed by atoms with Gasteiger partial charge in [-0.05, 0) is 30.7 Å². The van der Waals surface area contributed by atoms with Crippen molar-refractivity contribution in [1.82, 2.24) is 4.98 Å². The minimum Gasteiger partial charge on any atom is -0.261 e. The molecular formula is C17H14ClN3. The molecule has 4 heteroatoms. The van der Waals surface area contributed by atoms with Gasteiger partial charge in [-0.1, -0.05) is 48.0 Å². The number of pyridine rings is 1. The van der Waals surface area contributed by atoms with E-state index in [1.165, 1.54) is 0 Å². The number of nitrogens with one attached hydrogen (secondary N) is 1. The molecule has 0 unspecified atom stereocenters. The van der Waals surface area contributed by atoms with E-state index in [0.29, 0.717) is 5.02 Å². The molecule has 104 valence electrons. The first-order valence-electron chi connectivity index (χ1n) is 6.64. The van der Waals surface area contributed by atoms with Gasteiger partial charge in [0.15, 0.2) is 0 Å². The minimum absolute atomic E-state index is 0.672. The molecule has 0 saturated carbocycles. The molecule has 0 radical (unpaired) electrons. The highest BCUT2D eigenvalue weighted by Crippen LogP contribution is 2.19. The van der Waals surface area contributed by atoms with Crippen molar-refractivity contribution in [1.29, 1.82) is 0 Å². The Kier molecular flexibility index (Phi) is 3.84. The number of hydrazone groups is 1. The lowest BCUT2D eigenvalue weighted by atomic mass is 10.1. The maximum Gasteiger partial charge on any atom is 0.147 e. The minimum atomic E-state index is 0.672. The molecule has 2 aromatic carbocycles. The summed E-state index contributed by atoms with van der Waals surface area (Å²) in [6.07, 6.45) is 1.69. The van der Waals surface area contributed by atoms with Crippen molar-refractivity contribution in [3.05, 3.63) is 70.7 Å².